The van der Waals surface area contributed by atoms with Crippen LogP contribution in [0.15, 0.2) is 11.6 Å². The number of allylic oxidation sites excluding steroid dienone is 1. The summed E-state index contributed by atoms with van der Waals surface area (Å²) >= 11 is 0. The van der Waals surface area contributed by atoms with Crippen LogP contribution in [-0.4, -0.2) is 13.1 Å². The van der Waals surface area contributed by atoms with Crippen molar-refractivity contribution in [3.63, 3.8) is 0 Å². The molecule has 0 spiro atoms. The zero-order valence-electron chi connectivity index (χ0n) is 5.11. The Bertz CT molecular complexity index is 80.5. The molecule has 1 saturated heterocycles. The van der Waals surface area contributed by atoms with Crippen molar-refractivity contribution in [3.05, 3.63) is 11.6 Å². The largest absolute Gasteiger partial charge is 0.313 e. The zero-order chi connectivity index (χ0) is 5.11. The molecule has 1 aliphatic heterocycles. The average Bonchev–Trinajstić information content (AvgIpc) is 2.14. The van der Waals surface area contributed by atoms with E-state index >= 15 is 0 Å². The molecule has 0 aromatic carbocycles. The first-order valence-electron chi connectivity index (χ1n) is 2.78. The van der Waals surface area contributed by atoms with Gasteiger partial charge in [0, 0.05) is 6.54 Å². The molecule has 0 bridgehead atoms. The Hall–Kier alpha value is -0.0100. The first-order valence-corrected chi connectivity index (χ1v) is 2.78. The molecule has 0 saturated carbocycles. The first-order chi connectivity index (χ1) is 3.43. The van der Waals surface area contributed by atoms with E-state index in [0.29, 0.717) is 0 Å². The monoisotopic (exact) mass is 133 g/mol. The summed E-state index contributed by atoms with van der Waals surface area (Å²) in [6.07, 6.45) is 3.45. The smallest absolute Gasteiger partial charge is 0.0165 e. The van der Waals surface area contributed by atoms with Gasteiger partial charge in [-0.05, 0) is 19.9 Å². The predicted molar refractivity (Wildman–Crippen MR) is 38.5 cm³/mol. The molecular weight excluding hydrogens is 122 g/mol. The minimum atomic E-state index is 0. The lowest BCUT2D eigenvalue weighted by molar-refractivity contribution is 0.862. The molecule has 0 amide bonds. The van der Waals surface area contributed by atoms with E-state index in [-0.39, 0.29) is 12.4 Å². The average molecular weight is 134 g/mol. The van der Waals surface area contributed by atoms with E-state index in [0.717, 1.165) is 6.54 Å². The van der Waals surface area contributed by atoms with Crippen LogP contribution in [0.1, 0.15) is 13.3 Å². The van der Waals surface area contributed by atoms with E-state index < -0.39 is 0 Å². The van der Waals surface area contributed by atoms with Crippen LogP contribution in [0.5, 0.6) is 0 Å². The van der Waals surface area contributed by atoms with Gasteiger partial charge in [-0.1, -0.05) is 11.6 Å². The summed E-state index contributed by atoms with van der Waals surface area (Å²) in [6.45, 7) is 4.40. The highest BCUT2D eigenvalue weighted by molar-refractivity contribution is 5.85. The van der Waals surface area contributed by atoms with E-state index in [1.165, 1.54) is 13.0 Å². The maximum atomic E-state index is 3.25. The van der Waals surface area contributed by atoms with Crippen molar-refractivity contribution in [1.82, 2.24) is 5.32 Å². The summed E-state index contributed by atoms with van der Waals surface area (Å²) in [6, 6.07) is 0. The molecule has 0 radical (unpaired) electrons. The highest BCUT2D eigenvalue weighted by atomic mass is 35.5. The zero-order valence-corrected chi connectivity index (χ0v) is 5.92. The summed E-state index contributed by atoms with van der Waals surface area (Å²) in [7, 11) is 0. The van der Waals surface area contributed by atoms with Crippen LogP contribution in [0, 0.1) is 0 Å². The Balaban J connectivity index is 0.000000490. The third kappa shape index (κ3) is 1.85. The normalized spacial score (nSPS) is 23.4. The minimum absolute atomic E-state index is 0. The molecule has 0 aliphatic carbocycles. The number of hydrogen-bond donors (Lipinski definition) is 1. The second-order valence-electron chi connectivity index (χ2n) is 1.87. The standard InChI is InChI=1S/C6H11N.ClH/c1-2-6-3-4-7-5-6;/h2,7H,3-5H2,1H3;1H/b6-2-;. The summed E-state index contributed by atoms with van der Waals surface area (Å²) in [5, 5.41) is 3.25. The summed E-state index contributed by atoms with van der Waals surface area (Å²) in [4.78, 5) is 0. The molecule has 0 atom stereocenters. The molecule has 1 N–H and O–H groups in total. The van der Waals surface area contributed by atoms with Gasteiger partial charge in [0.2, 0.25) is 0 Å². The van der Waals surface area contributed by atoms with Gasteiger partial charge in [0.05, 0.1) is 0 Å². The fraction of sp³-hybridized carbons (Fsp3) is 0.667. The minimum Gasteiger partial charge on any atom is -0.313 e. The van der Waals surface area contributed by atoms with Gasteiger partial charge in [0.25, 0.3) is 0 Å². The van der Waals surface area contributed by atoms with Crippen LogP contribution in [0.25, 0.3) is 0 Å². The first kappa shape index (κ1) is 7.99. The SMILES string of the molecule is C/C=C1/CCNC1.Cl. The van der Waals surface area contributed by atoms with Crippen molar-refractivity contribution in [2.45, 2.75) is 13.3 Å². The lowest BCUT2D eigenvalue weighted by Crippen LogP contribution is -2.04. The Labute approximate surface area is 56.6 Å². The Morgan fingerprint density at radius 2 is 2.38 bits per heavy atom. The van der Waals surface area contributed by atoms with Gasteiger partial charge in [0.1, 0.15) is 0 Å². The molecule has 48 valence electrons. The third-order valence-corrected chi connectivity index (χ3v) is 1.38. The van der Waals surface area contributed by atoms with Crippen molar-refractivity contribution < 1.29 is 0 Å². The molecule has 1 rings (SSSR count). The Kier molecular flexibility index (Phi) is 3.92. The van der Waals surface area contributed by atoms with Crippen LogP contribution in [-0.2, 0) is 0 Å². The van der Waals surface area contributed by atoms with Crippen LogP contribution in [0.2, 0.25) is 0 Å². The molecule has 0 aromatic rings. The van der Waals surface area contributed by atoms with Gasteiger partial charge >= 0.3 is 0 Å². The second-order valence-corrected chi connectivity index (χ2v) is 1.87. The van der Waals surface area contributed by atoms with Crippen LogP contribution < -0.4 is 5.32 Å². The van der Waals surface area contributed by atoms with Gasteiger partial charge in [-0.2, -0.15) is 0 Å². The van der Waals surface area contributed by atoms with Crippen molar-refractivity contribution >= 4 is 12.4 Å². The molecule has 1 nitrogen and oxygen atoms in total. The lowest BCUT2D eigenvalue weighted by atomic mass is 10.2. The van der Waals surface area contributed by atoms with E-state index in [2.05, 4.69) is 18.3 Å². The van der Waals surface area contributed by atoms with E-state index in [4.69, 9.17) is 0 Å². The van der Waals surface area contributed by atoms with Gasteiger partial charge in [-0.25, -0.2) is 0 Å². The highest BCUT2D eigenvalue weighted by Crippen LogP contribution is 2.03. The summed E-state index contributed by atoms with van der Waals surface area (Å²) in [5.74, 6) is 0. The van der Waals surface area contributed by atoms with E-state index in [9.17, 15) is 0 Å². The molecule has 2 heteroatoms. The van der Waals surface area contributed by atoms with Gasteiger partial charge < -0.3 is 5.32 Å². The Morgan fingerprint density at radius 3 is 2.62 bits per heavy atom. The van der Waals surface area contributed by atoms with Crippen molar-refractivity contribution in [3.8, 4) is 0 Å². The third-order valence-electron chi connectivity index (χ3n) is 1.38. The molecular formula is C6H12ClN. The molecule has 1 fully saturated rings. The summed E-state index contributed by atoms with van der Waals surface area (Å²) < 4.78 is 0. The number of nitrogens with one attached hydrogen (secondary N) is 1. The van der Waals surface area contributed by atoms with E-state index in [1.807, 2.05) is 0 Å². The van der Waals surface area contributed by atoms with Crippen molar-refractivity contribution in [2.24, 2.45) is 0 Å². The number of hydrogen-bond acceptors (Lipinski definition) is 1. The quantitative estimate of drug-likeness (QED) is 0.492. The fourth-order valence-corrected chi connectivity index (χ4v) is 0.833. The molecule has 0 unspecified atom stereocenters. The van der Waals surface area contributed by atoms with Gasteiger partial charge in [-0.15, -0.1) is 12.4 Å². The highest BCUT2D eigenvalue weighted by Gasteiger charge is 2.01. The Morgan fingerprint density at radius 1 is 1.62 bits per heavy atom. The number of rotatable bonds is 0. The van der Waals surface area contributed by atoms with Crippen LogP contribution in [0.3, 0.4) is 0 Å². The predicted octanol–water partition coefficient (Wildman–Crippen LogP) is 1.35. The van der Waals surface area contributed by atoms with Crippen molar-refractivity contribution in [2.75, 3.05) is 13.1 Å². The van der Waals surface area contributed by atoms with Gasteiger partial charge in [-0.3, -0.25) is 0 Å². The topological polar surface area (TPSA) is 12.0 Å². The maximum Gasteiger partial charge on any atom is 0.0165 e. The van der Waals surface area contributed by atoms with Crippen molar-refractivity contribution in [1.29, 1.82) is 0 Å². The summed E-state index contributed by atoms with van der Waals surface area (Å²) in [5.41, 5.74) is 1.56. The second kappa shape index (κ2) is 3.93. The van der Waals surface area contributed by atoms with Crippen LogP contribution in [0.4, 0.5) is 0 Å². The molecule has 1 heterocycles. The fourth-order valence-electron chi connectivity index (χ4n) is 0.833. The van der Waals surface area contributed by atoms with E-state index in [1.54, 1.807) is 5.57 Å². The molecule has 0 aromatic heterocycles. The molecule has 8 heavy (non-hydrogen) atoms. The molecule has 1 aliphatic rings. The van der Waals surface area contributed by atoms with Crippen LogP contribution >= 0.6 is 12.4 Å². The lowest BCUT2D eigenvalue weighted by Gasteiger charge is -1.85. The number of halogens is 1. The van der Waals surface area contributed by atoms with Gasteiger partial charge in [0.15, 0.2) is 0 Å². The maximum absolute atomic E-state index is 3.25.